The fourth-order valence-electron chi connectivity index (χ4n) is 6.26. The minimum atomic E-state index is -0.342. The summed E-state index contributed by atoms with van der Waals surface area (Å²) in [6.45, 7) is 7.07. The van der Waals surface area contributed by atoms with Gasteiger partial charge in [-0.1, -0.05) is 11.6 Å². The molecule has 1 aliphatic carbocycles. The van der Waals surface area contributed by atoms with Gasteiger partial charge < -0.3 is 24.7 Å². The Balaban J connectivity index is 1.37. The molecule has 0 radical (unpaired) electrons. The second kappa shape index (κ2) is 11.8. The maximum absolute atomic E-state index is 13.6. The largest absolute Gasteiger partial charge is 0.384 e. The first kappa shape index (κ1) is 29.0. The molecule has 5 rings (SSSR count). The average Bonchev–Trinajstić information content (AvgIpc) is 3.57. The van der Waals surface area contributed by atoms with Crippen LogP contribution in [0.25, 0.3) is 10.9 Å². The van der Waals surface area contributed by atoms with Gasteiger partial charge in [0, 0.05) is 73.0 Å². The zero-order chi connectivity index (χ0) is 28.6. The number of rotatable bonds is 9. The first-order valence-electron chi connectivity index (χ1n) is 13.7. The number of ether oxygens (including phenoxy) is 2. The van der Waals surface area contributed by atoms with Crippen molar-refractivity contribution < 1.29 is 19.1 Å². The van der Waals surface area contributed by atoms with Gasteiger partial charge in [0.15, 0.2) is 5.01 Å². The molecule has 1 aromatic carbocycles. The van der Waals surface area contributed by atoms with E-state index in [9.17, 15) is 9.59 Å². The van der Waals surface area contributed by atoms with Crippen molar-refractivity contribution in [2.75, 3.05) is 34.0 Å². The van der Waals surface area contributed by atoms with Gasteiger partial charge in [-0.15, -0.1) is 11.3 Å². The van der Waals surface area contributed by atoms with Gasteiger partial charge in [-0.3, -0.25) is 14.5 Å². The summed E-state index contributed by atoms with van der Waals surface area (Å²) >= 11 is 7.65. The number of carbonyl (C=O) groups is 2. The molecule has 3 heterocycles. The summed E-state index contributed by atoms with van der Waals surface area (Å²) in [6, 6.07) is 7.25. The Labute approximate surface area is 244 Å². The van der Waals surface area contributed by atoms with Gasteiger partial charge in [0.05, 0.1) is 31.0 Å². The van der Waals surface area contributed by atoms with E-state index in [-0.39, 0.29) is 29.3 Å². The summed E-state index contributed by atoms with van der Waals surface area (Å²) < 4.78 is 13.0. The lowest BCUT2D eigenvalue weighted by Crippen LogP contribution is -2.48. The van der Waals surface area contributed by atoms with E-state index < -0.39 is 0 Å². The Morgan fingerprint density at radius 1 is 1.12 bits per heavy atom. The van der Waals surface area contributed by atoms with Crippen molar-refractivity contribution in [2.45, 2.75) is 57.8 Å². The molecule has 2 atom stereocenters. The molecular formula is C29H38ClN5O4S. The lowest BCUT2D eigenvalue weighted by molar-refractivity contribution is 0.0120. The molecule has 1 aliphatic heterocycles. The second-order valence-electron chi connectivity index (χ2n) is 11.4. The summed E-state index contributed by atoms with van der Waals surface area (Å²) in [7, 11) is 5.19. The summed E-state index contributed by atoms with van der Waals surface area (Å²) in [5, 5.41) is 8.42. The van der Waals surface area contributed by atoms with E-state index in [0.29, 0.717) is 47.8 Å². The van der Waals surface area contributed by atoms with Crippen LogP contribution in [0.5, 0.6) is 0 Å². The number of aromatic nitrogens is 2. The van der Waals surface area contributed by atoms with E-state index in [0.717, 1.165) is 41.0 Å². The van der Waals surface area contributed by atoms with Gasteiger partial charge >= 0.3 is 0 Å². The van der Waals surface area contributed by atoms with Crippen molar-refractivity contribution in [3.8, 4) is 0 Å². The zero-order valence-corrected chi connectivity index (χ0v) is 25.3. The van der Waals surface area contributed by atoms with Crippen LogP contribution in [0.3, 0.4) is 0 Å². The first-order chi connectivity index (χ1) is 19.1. The van der Waals surface area contributed by atoms with Crippen LogP contribution in [0.4, 0.5) is 0 Å². The fourth-order valence-corrected chi connectivity index (χ4v) is 7.47. The molecule has 0 bridgehead atoms. The minimum absolute atomic E-state index is 0.204. The number of hydrogen-bond acceptors (Lipinski definition) is 7. The summed E-state index contributed by atoms with van der Waals surface area (Å²) in [6.07, 6.45) is 2.07. The van der Waals surface area contributed by atoms with Gasteiger partial charge in [-0.25, -0.2) is 4.98 Å². The molecule has 0 unspecified atom stereocenters. The number of benzene rings is 1. The molecule has 3 aromatic rings. The normalized spacial score (nSPS) is 20.7. The standard InChI is InChI=1S/C29H38ClN5O4S/c1-17(2)35-9-8-20-25(14-35)40-28(33-20)27(37)32-22-13-29(15-38-4,16-39-5)12-21(22)31-26(36)24-11-18-10-19(30)6-7-23(18)34(24)3/h6-7,10-11,17,21-22H,8-9,12-16H2,1-5H3,(H,31,36)(H,32,37)/t21-,22-/m1/s1. The van der Waals surface area contributed by atoms with Gasteiger partial charge in [-0.2, -0.15) is 0 Å². The Morgan fingerprint density at radius 2 is 1.80 bits per heavy atom. The zero-order valence-electron chi connectivity index (χ0n) is 23.8. The van der Waals surface area contributed by atoms with Crippen LogP contribution in [-0.2, 0) is 29.5 Å². The highest BCUT2D eigenvalue weighted by atomic mass is 35.5. The Morgan fingerprint density at radius 3 is 2.45 bits per heavy atom. The molecule has 2 amide bonds. The molecule has 0 spiro atoms. The van der Waals surface area contributed by atoms with Crippen molar-refractivity contribution in [3.63, 3.8) is 0 Å². The monoisotopic (exact) mass is 587 g/mol. The predicted molar refractivity (Wildman–Crippen MR) is 157 cm³/mol. The number of carbonyl (C=O) groups excluding carboxylic acids is 2. The maximum atomic E-state index is 13.6. The minimum Gasteiger partial charge on any atom is -0.384 e. The SMILES string of the molecule is COCC1(COC)C[C@@H](NC(=O)c2nc3c(s2)CN(C(C)C)CC3)[C@H](NC(=O)c2cc3cc(Cl)ccc3n2C)C1. The Hall–Kier alpha value is -2.50. The van der Waals surface area contributed by atoms with Crippen LogP contribution in [0.1, 0.15) is 57.6 Å². The molecule has 2 aromatic heterocycles. The van der Waals surface area contributed by atoms with Crippen molar-refractivity contribution in [2.24, 2.45) is 12.5 Å². The van der Waals surface area contributed by atoms with E-state index in [1.54, 1.807) is 14.2 Å². The second-order valence-corrected chi connectivity index (χ2v) is 12.9. The molecule has 40 heavy (non-hydrogen) atoms. The number of thiazole rings is 1. The number of aryl methyl sites for hydroxylation is 1. The van der Waals surface area contributed by atoms with Crippen molar-refractivity contribution in [1.82, 2.24) is 25.1 Å². The van der Waals surface area contributed by atoms with Crippen LogP contribution in [0, 0.1) is 5.41 Å². The van der Waals surface area contributed by atoms with Gasteiger partial charge in [-0.05, 0) is 51.0 Å². The number of nitrogens with one attached hydrogen (secondary N) is 2. The third kappa shape index (κ3) is 5.78. The lowest BCUT2D eigenvalue weighted by Gasteiger charge is -2.29. The van der Waals surface area contributed by atoms with Crippen LogP contribution in [0.2, 0.25) is 5.02 Å². The van der Waals surface area contributed by atoms with Gasteiger partial charge in [0.25, 0.3) is 11.8 Å². The highest BCUT2D eigenvalue weighted by Crippen LogP contribution is 2.40. The molecular weight excluding hydrogens is 550 g/mol. The van der Waals surface area contributed by atoms with Crippen LogP contribution < -0.4 is 10.6 Å². The summed E-state index contributed by atoms with van der Waals surface area (Å²) in [5.74, 6) is -0.409. The number of halogens is 1. The van der Waals surface area contributed by atoms with Crippen LogP contribution >= 0.6 is 22.9 Å². The molecule has 216 valence electrons. The predicted octanol–water partition coefficient (Wildman–Crippen LogP) is 4.02. The molecule has 1 saturated carbocycles. The molecule has 9 nitrogen and oxygen atoms in total. The van der Waals surface area contributed by atoms with Crippen LogP contribution in [0.15, 0.2) is 24.3 Å². The van der Waals surface area contributed by atoms with Crippen molar-refractivity contribution >= 4 is 45.7 Å². The third-order valence-corrected chi connectivity index (χ3v) is 9.56. The summed E-state index contributed by atoms with van der Waals surface area (Å²) in [4.78, 5) is 35.3. The summed E-state index contributed by atoms with van der Waals surface area (Å²) in [5.41, 5.74) is 2.13. The first-order valence-corrected chi connectivity index (χ1v) is 14.9. The smallest absolute Gasteiger partial charge is 0.280 e. The van der Waals surface area contributed by atoms with E-state index in [1.165, 1.54) is 11.3 Å². The van der Waals surface area contributed by atoms with Crippen molar-refractivity contribution in [1.29, 1.82) is 0 Å². The molecule has 1 fully saturated rings. The number of nitrogens with zero attached hydrogens (tertiary/aromatic N) is 3. The number of hydrogen-bond donors (Lipinski definition) is 2. The van der Waals surface area contributed by atoms with Crippen LogP contribution in [-0.4, -0.2) is 78.4 Å². The Bertz CT molecular complexity index is 1400. The number of methoxy groups -OCH3 is 2. The lowest BCUT2D eigenvalue weighted by atomic mass is 9.87. The number of amides is 2. The van der Waals surface area contributed by atoms with E-state index in [4.69, 9.17) is 26.1 Å². The number of fused-ring (bicyclic) bond motifs is 2. The highest BCUT2D eigenvalue weighted by molar-refractivity contribution is 7.13. The Kier molecular flexibility index (Phi) is 8.54. The van der Waals surface area contributed by atoms with Gasteiger partial charge in [0.1, 0.15) is 5.69 Å². The van der Waals surface area contributed by atoms with Crippen molar-refractivity contribution in [3.05, 3.63) is 50.6 Å². The molecule has 2 N–H and O–H groups in total. The third-order valence-electron chi connectivity index (χ3n) is 8.25. The molecule has 11 heteroatoms. The maximum Gasteiger partial charge on any atom is 0.280 e. The van der Waals surface area contributed by atoms with E-state index in [2.05, 4.69) is 29.4 Å². The highest BCUT2D eigenvalue weighted by Gasteiger charge is 2.47. The van der Waals surface area contributed by atoms with E-state index in [1.807, 2.05) is 35.9 Å². The molecule has 2 aliphatic rings. The quantitative estimate of drug-likeness (QED) is 0.392. The van der Waals surface area contributed by atoms with E-state index >= 15 is 0 Å². The topological polar surface area (TPSA) is 97.7 Å². The average molecular weight is 588 g/mol. The fraction of sp³-hybridized carbons (Fsp3) is 0.552. The molecule has 0 saturated heterocycles. The van der Waals surface area contributed by atoms with Gasteiger partial charge in [0.2, 0.25) is 0 Å².